The predicted octanol–water partition coefficient (Wildman–Crippen LogP) is 1.50. The summed E-state index contributed by atoms with van der Waals surface area (Å²) in [6, 6.07) is 8.32. The van der Waals surface area contributed by atoms with E-state index < -0.39 is 12.1 Å². The molecule has 2 amide bonds. The molecule has 0 aliphatic carbocycles. The van der Waals surface area contributed by atoms with E-state index >= 15 is 0 Å². The summed E-state index contributed by atoms with van der Waals surface area (Å²) in [5.74, 6) is -1.72. The van der Waals surface area contributed by atoms with E-state index in [0.717, 1.165) is 43.6 Å². The molecule has 0 saturated carbocycles. The topological polar surface area (TPSA) is 98.7 Å². The Kier molecular flexibility index (Phi) is 6.11. The number of rotatable bonds is 2. The van der Waals surface area contributed by atoms with E-state index in [1.165, 1.54) is 5.69 Å². The molecular weight excluding hydrogens is 391 g/mol. The summed E-state index contributed by atoms with van der Waals surface area (Å²) in [5.41, 5.74) is 2.25. The number of alkyl halides is 3. The minimum absolute atomic E-state index is 0.157. The van der Waals surface area contributed by atoms with Gasteiger partial charge in [-0.15, -0.1) is 0 Å². The summed E-state index contributed by atoms with van der Waals surface area (Å²) in [6.45, 7) is 4.51. The van der Waals surface area contributed by atoms with Crippen molar-refractivity contribution in [3.63, 3.8) is 0 Å². The molecule has 3 aliphatic rings. The first-order valence-corrected chi connectivity index (χ1v) is 9.34. The number of carbonyl (C=O) groups is 3. The Labute approximate surface area is 165 Å². The molecule has 3 fully saturated rings. The Hall–Kier alpha value is -2.62. The highest BCUT2D eigenvalue weighted by atomic mass is 19.4. The Morgan fingerprint density at radius 2 is 1.62 bits per heavy atom. The van der Waals surface area contributed by atoms with Gasteiger partial charge in [-0.25, -0.2) is 4.79 Å². The molecule has 0 aromatic heterocycles. The second kappa shape index (κ2) is 8.40. The lowest BCUT2D eigenvalue weighted by Gasteiger charge is -2.23. The predicted molar refractivity (Wildman–Crippen MR) is 97.3 cm³/mol. The Morgan fingerprint density at radius 3 is 2.10 bits per heavy atom. The first kappa shape index (κ1) is 21.1. The summed E-state index contributed by atoms with van der Waals surface area (Å²) in [7, 11) is 0. The fourth-order valence-electron chi connectivity index (χ4n) is 4.00. The van der Waals surface area contributed by atoms with Crippen molar-refractivity contribution >= 4 is 23.5 Å². The molecule has 4 rings (SSSR count). The highest BCUT2D eigenvalue weighted by molar-refractivity contribution is 6.00. The second-order valence-corrected chi connectivity index (χ2v) is 7.48. The van der Waals surface area contributed by atoms with Gasteiger partial charge in [-0.05, 0) is 36.0 Å². The lowest BCUT2D eigenvalue weighted by Crippen LogP contribution is -2.39. The van der Waals surface area contributed by atoms with Crippen LogP contribution in [-0.4, -0.2) is 55.2 Å². The summed E-state index contributed by atoms with van der Waals surface area (Å²) >= 11 is 0. The maximum Gasteiger partial charge on any atom is 0.490 e. The molecule has 3 saturated heterocycles. The van der Waals surface area contributed by atoms with Gasteiger partial charge in [-0.1, -0.05) is 12.1 Å². The number of halogens is 3. The normalized spacial score (nSPS) is 26.4. The number of aliphatic carboxylic acids is 1. The number of carboxylic acids is 1. The van der Waals surface area contributed by atoms with Crippen LogP contribution in [0.2, 0.25) is 0 Å². The van der Waals surface area contributed by atoms with E-state index in [-0.39, 0.29) is 17.7 Å². The number of nitrogens with zero attached hydrogens (tertiary/aromatic N) is 1. The van der Waals surface area contributed by atoms with Gasteiger partial charge in [0.05, 0.1) is 5.92 Å². The Morgan fingerprint density at radius 1 is 1.07 bits per heavy atom. The molecule has 7 nitrogen and oxygen atoms in total. The van der Waals surface area contributed by atoms with Crippen molar-refractivity contribution in [3.8, 4) is 0 Å². The van der Waals surface area contributed by atoms with Crippen molar-refractivity contribution < 1.29 is 32.7 Å². The number of benzene rings is 1. The van der Waals surface area contributed by atoms with Crippen LogP contribution in [0.1, 0.15) is 24.3 Å². The van der Waals surface area contributed by atoms with Gasteiger partial charge in [-0.3, -0.25) is 14.9 Å². The maximum absolute atomic E-state index is 11.9. The van der Waals surface area contributed by atoms with Crippen molar-refractivity contribution in [1.82, 2.24) is 10.6 Å². The molecule has 3 aliphatic heterocycles. The van der Waals surface area contributed by atoms with Crippen LogP contribution in [0.15, 0.2) is 24.3 Å². The van der Waals surface area contributed by atoms with E-state index in [1.54, 1.807) is 0 Å². The molecule has 10 heteroatoms. The molecule has 3 heterocycles. The summed E-state index contributed by atoms with van der Waals surface area (Å²) in [6.07, 6.45) is -4.04. The van der Waals surface area contributed by atoms with Crippen LogP contribution in [0.4, 0.5) is 18.9 Å². The van der Waals surface area contributed by atoms with Crippen molar-refractivity contribution in [2.45, 2.75) is 24.9 Å². The fourth-order valence-corrected chi connectivity index (χ4v) is 4.00. The number of nitrogens with one attached hydrogen (secondary N) is 2. The molecule has 3 atom stereocenters. The molecular formula is C19H22F3N3O4. The highest BCUT2D eigenvalue weighted by Crippen LogP contribution is 2.32. The lowest BCUT2D eigenvalue weighted by atomic mass is 9.90. The van der Waals surface area contributed by atoms with Crippen molar-refractivity contribution in [1.29, 1.82) is 0 Å². The van der Waals surface area contributed by atoms with Crippen LogP contribution in [0.5, 0.6) is 0 Å². The first-order chi connectivity index (χ1) is 13.6. The third-order valence-corrected chi connectivity index (χ3v) is 5.53. The van der Waals surface area contributed by atoms with Crippen LogP contribution in [0, 0.1) is 11.8 Å². The quantitative estimate of drug-likeness (QED) is 0.636. The lowest BCUT2D eigenvalue weighted by molar-refractivity contribution is -0.192. The third kappa shape index (κ3) is 5.06. The SMILES string of the molecule is O=C(O)C(F)(F)F.O=C1CCC(c2ccc(N3C[C@H]4CNC[C@H]4C3)cc2)C(=O)N1. The van der Waals surface area contributed by atoms with Gasteiger partial charge >= 0.3 is 12.1 Å². The summed E-state index contributed by atoms with van der Waals surface area (Å²) in [4.78, 5) is 34.5. The minimum atomic E-state index is -5.08. The van der Waals surface area contributed by atoms with Gasteiger partial charge in [0.15, 0.2) is 0 Å². The van der Waals surface area contributed by atoms with Gasteiger partial charge in [0.25, 0.3) is 0 Å². The maximum atomic E-state index is 11.9. The number of piperidine rings is 1. The second-order valence-electron chi connectivity index (χ2n) is 7.48. The van der Waals surface area contributed by atoms with Crippen molar-refractivity contribution in [2.75, 3.05) is 31.1 Å². The standard InChI is InChI=1S/C17H21N3O2.C2HF3O2/c21-16-6-5-15(17(22)19-16)11-1-3-14(4-2-11)20-9-12-7-18-8-13(12)10-20;3-2(4,5)1(6)7/h1-4,12-13,15,18H,5-10H2,(H,19,21,22);(H,6,7)/t12-,13+,15?;. The average molecular weight is 413 g/mol. The minimum Gasteiger partial charge on any atom is -0.475 e. The molecule has 3 N–H and O–H groups in total. The highest BCUT2D eigenvalue weighted by Gasteiger charge is 2.38. The number of carbonyl (C=O) groups excluding carboxylic acids is 2. The molecule has 29 heavy (non-hydrogen) atoms. The van der Waals surface area contributed by atoms with E-state index in [9.17, 15) is 22.8 Å². The number of hydrogen-bond acceptors (Lipinski definition) is 5. The zero-order valence-electron chi connectivity index (χ0n) is 15.5. The van der Waals surface area contributed by atoms with Crippen LogP contribution in [-0.2, 0) is 14.4 Å². The monoisotopic (exact) mass is 413 g/mol. The molecule has 1 unspecified atom stereocenters. The fraction of sp³-hybridized carbons (Fsp3) is 0.526. The van der Waals surface area contributed by atoms with Gasteiger partial charge in [0, 0.05) is 38.3 Å². The Balaban J connectivity index is 0.000000298. The smallest absolute Gasteiger partial charge is 0.475 e. The number of amides is 2. The van der Waals surface area contributed by atoms with Crippen LogP contribution in [0.3, 0.4) is 0 Å². The number of anilines is 1. The summed E-state index contributed by atoms with van der Waals surface area (Å²) in [5, 5.41) is 13.0. The van der Waals surface area contributed by atoms with E-state index in [2.05, 4.69) is 27.7 Å². The third-order valence-electron chi connectivity index (χ3n) is 5.53. The van der Waals surface area contributed by atoms with Crippen molar-refractivity contribution in [3.05, 3.63) is 29.8 Å². The van der Waals surface area contributed by atoms with Gasteiger partial charge in [0.2, 0.25) is 11.8 Å². The molecule has 0 spiro atoms. The average Bonchev–Trinajstić information content (AvgIpc) is 3.24. The van der Waals surface area contributed by atoms with Gasteiger partial charge in [0.1, 0.15) is 0 Å². The molecule has 1 aromatic rings. The van der Waals surface area contributed by atoms with Crippen LogP contribution < -0.4 is 15.5 Å². The summed E-state index contributed by atoms with van der Waals surface area (Å²) < 4.78 is 31.7. The molecule has 1 aromatic carbocycles. The largest absolute Gasteiger partial charge is 0.490 e. The van der Waals surface area contributed by atoms with E-state index in [0.29, 0.717) is 12.8 Å². The zero-order chi connectivity index (χ0) is 21.2. The van der Waals surface area contributed by atoms with Crippen LogP contribution in [0.25, 0.3) is 0 Å². The molecule has 0 bridgehead atoms. The zero-order valence-corrected chi connectivity index (χ0v) is 15.5. The van der Waals surface area contributed by atoms with Gasteiger partial charge in [-0.2, -0.15) is 13.2 Å². The van der Waals surface area contributed by atoms with Crippen LogP contribution >= 0.6 is 0 Å². The van der Waals surface area contributed by atoms with Crippen molar-refractivity contribution in [2.24, 2.45) is 11.8 Å². The molecule has 0 radical (unpaired) electrons. The number of fused-ring (bicyclic) bond motifs is 1. The van der Waals surface area contributed by atoms with Gasteiger partial charge < -0.3 is 15.3 Å². The Bertz CT molecular complexity index is 770. The molecule has 158 valence electrons. The van der Waals surface area contributed by atoms with E-state index in [1.807, 2.05) is 12.1 Å². The number of imide groups is 1. The number of hydrogen-bond donors (Lipinski definition) is 3. The van der Waals surface area contributed by atoms with E-state index in [4.69, 9.17) is 9.90 Å². The first-order valence-electron chi connectivity index (χ1n) is 9.34. The number of carboxylic acid groups (broad SMARTS) is 1.